The first kappa shape index (κ1) is 22.3. The molecule has 1 aromatic carbocycles. The van der Waals surface area contributed by atoms with Crippen LogP contribution in [0.25, 0.3) is 0 Å². The van der Waals surface area contributed by atoms with Crippen molar-refractivity contribution in [1.29, 1.82) is 0 Å². The molecular weight excluding hydrogens is 330 g/mol. The molecule has 0 spiro atoms. The molecule has 0 aliphatic carbocycles. The van der Waals surface area contributed by atoms with Crippen molar-refractivity contribution in [2.45, 2.75) is 46.8 Å². The molecule has 6 heteroatoms. The van der Waals surface area contributed by atoms with Crippen molar-refractivity contribution in [1.82, 2.24) is 10.6 Å². The summed E-state index contributed by atoms with van der Waals surface area (Å²) in [6, 6.07) is 6.12. The summed E-state index contributed by atoms with van der Waals surface area (Å²) in [5.41, 5.74) is 2.24. The molecule has 3 N–H and O–H groups in total. The van der Waals surface area contributed by atoms with Crippen LogP contribution in [0.2, 0.25) is 0 Å². The van der Waals surface area contributed by atoms with Crippen LogP contribution in [0.4, 0.5) is 0 Å². The number of rotatable bonds is 10. The Morgan fingerprint density at radius 1 is 1.23 bits per heavy atom. The van der Waals surface area contributed by atoms with Crippen LogP contribution in [0, 0.1) is 12.8 Å². The van der Waals surface area contributed by atoms with E-state index in [0.717, 1.165) is 17.9 Å². The van der Waals surface area contributed by atoms with Crippen molar-refractivity contribution < 1.29 is 14.6 Å². The van der Waals surface area contributed by atoms with Crippen molar-refractivity contribution >= 4 is 5.96 Å². The largest absolute Gasteiger partial charge is 0.496 e. The number of methoxy groups -OCH3 is 1. The number of benzene rings is 1. The van der Waals surface area contributed by atoms with Crippen LogP contribution in [0.1, 0.15) is 44.9 Å². The van der Waals surface area contributed by atoms with Crippen molar-refractivity contribution in [3.8, 4) is 5.75 Å². The Morgan fingerprint density at radius 2 is 1.96 bits per heavy atom. The van der Waals surface area contributed by atoms with E-state index in [1.165, 1.54) is 5.56 Å². The lowest BCUT2D eigenvalue weighted by Gasteiger charge is -2.21. The van der Waals surface area contributed by atoms with Gasteiger partial charge in [0.05, 0.1) is 32.4 Å². The van der Waals surface area contributed by atoms with Gasteiger partial charge >= 0.3 is 0 Å². The van der Waals surface area contributed by atoms with Gasteiger partial charge in [-0.2, -0.15) is 0 Å². The van der Waals surface area contributed by atoms with E-state index in [2.05, 4.69) is 49.4 Å². The molecule has 6 nitrogen and oxygen atoms in total. The molecule has 0 amide bonds. The van der Waals surface area contributed by atoms with E-state index in [1.807, 2.05) is 19.1 Å². The van der Waals surface area contributed by atoms with Crippen LogP contribution >= 0.6 is 0 Å². The van der Waals surface area contributed by atoms with E-state index in [4.69, 9.17) is 9.47 Å². The number of guanidine groups is 1. The molecule has 0 aliphatic heterocycles. The minimum Gasteiger partial charge on any atom is -0.496 e. The third-order valence-electron chi connectivity index (χ3n) is 3.77. The standard InChI is InChI=1S/C20H35N3O3/c1-7-21-20(22-11-17(24)13-26-12-14(2)3)23-16(5)18-10-15(4)8-9-19(18)25-6/h8-10,14,16-17,24H,7,11-13H2,1-6H3,(H2,21,22,23). The molecule has 148 valence electrons. The van der Waals surface area contributed by atoms with E-state index in [0.29, 0.717) is 25.1 Å². The second kappa shape index (κ2) is 11.8. The fourth-order valence-corrected chi connectivity index (χ4v) is 2.48. The summed E-state index contributed by atoms with van der Waals surface area (Å²) in [6.45, 7) is 12.3. The molecule has 0 heterocycles. The molecular formula is C20H35N3O3. The summed E-state index contributed by atoms with van der Waals surface area (Å²) in [7, 11) is 1.67. The average Bonchev–Trinajstić information content (AvgIpc) is 2.59. The smallest absolute Gasteiger partial charge is 0.191 e. The molecule has 0 saturated carbocycles. The van der Waals surface area contributed by atoms with E-state index >= 15 is 0 Å². The molecule has 0 fully saturated rings. The Labute approximate surface area is 158 Å². The maximum Gasteiger partial charge on any atom is 0.191 e. The zero-order valence-corrected chi connectivity index (χ0v) is 17.0. The van der Waals surface area contributed by atoms with E-state index in [-0.39, 0.29) is 12.6 Å². The molecule has 0 aromatic heterocycles. The van der Waals surface area contributed by atoms with Gasteiger partial charge in [0.15, 0.2) is 5.96 Å². The van der Waals surface area contributed by atoms with Crippen LogP contribution in [-0.4, -0.2) is 50.6 Å². The lowest BCUT2D eigenvalue weighted by molar-refractivity contribution is 0.0301. The van der Waals surface area contributed by atoms with E-state index in [9.17, 15) is 5.11 Å². The predicted octanol–water partition coefficient (Wildman–Crippen LogP) is 2.65. The SMILES string of the molecule is CCNC(=NCC(O)COCC(C)C)NC(C)c1cc(C)ccc1OC. The van der Waals surface area contributed by atoms with Crippen LogP contribution < -0.4 is 15.4 Å². The number of hydrogen-bond donors (Lipinski definition) is 3. The first-order chi connectivity index (χ1) is 12.4. The summed E-state index contributed by atoms with van der Waals surface area (Å²) in [4.78, 5) is 4.48. The highest BCUT2D eigenvalue weighted by molar-refractivity contribution is 5.80. The minimum atomic E-state index is -0.618. The normalized spacial score (nSPS) is 14.2. The highest BCUT2D eigenvalue weighted by Gasteiger charge is 2.14. The number of aliphatic imine (C=N–C) groups is 1. The number of aliphatic hydroxyl groups is 1. The molecule has 1 aromatic rings. The zero-order chi connectivity index (χ0) is 19.5. The molecule has 1 rings (SSSR count). The lowest BCUT2D eigenvalue weighted by Crippen LogP contribution is -2.39. The molecule has 0 aliphatic rings. The van der Waals surface area contributed by atoms with Gasteiger partial charge in [-0.05, 0) is 32.8 Å². The topological polar surface area (TPSA) is 75.1 Å². The Morgan fingerprint density at radius 3 is 2.58 bits per heavy atom. The number of ether oxygens (including phenoxy) is 2. The Hall–Kier alpha value is -1.79. The summed E-state index contributed by atoms with van der Waals surface area (Å²) in [5, 5.41) is 16.6. The van der Waals surface area contributed by atoms with Crippen molar-refractivity contribution in [3.05, 3.63) is 29.3 Å². The molecule has 2 unspecified atom stereocenters. The van der Waals surface area contributed by atoms with Gasteiger partial charge in [0.25, 0.3) is 0 Å². The fourth-order valence-electron chi connectivity index (χ4n) is 2.48. The Bertz CT molecular complexity index is 561. The van der Waals surface area contributed by atoms with Crippen molar-refractivity contribution in [2.75, 3.05) is 33.4 Å². The monoisotopic (exact) mass is 365 g/mol. The van der Waals surface area contributed by atoms with Gasteiger partial charge < -0.3 is 25.2 Å². The number of nitrogens with zero attached hydrogens (tertiary/aromatic N) is 1. The maximum atomic E-state index is 10.0. The third kappa shape index (κ3) is 8.06. The van der Waals surface area contributed by atoms with E-state index < -0.39 is 6.10 Å². The van der Waals surface area contributed by atoms with Gasteiger partial charge in [-0.3, -0.25) is 4.99 Å². The summed E-state index contributed by atoms with van der Waals surface area (Å²) in [5.74, 6) is 1.95. The molecule has 0 radical (unpaired) electrons. The van der Waals surface area contributed by atoms with Gasteiger partial charge in [-0.25, -0.2) is 0 Å². The molecule has 26 heavy (non-hydrogen) atoms. The van der Waals surface area contributed by atoms with Crippen LogP contribution in [0.5, 0.6) is 5.75 Å². The third-order valence-corrected chi connectivity index (χ3v) is 3.77. The van der Waals surface area contributed by atoms with Crippen molar-refractivity contribution in [3.63, 3.8) is 0 Å². The van der Waals surface area contributed by atoms with Gasteiger partial charge in [0.1, 0.15) is 5.75 Å². The molecule has 0 bridgehead atoms. The second-order valence-electron chi connectivity index (χ2n) is 6.92. The van der Waals surface area contributed by atoms with Gasteiger partial charge in [0, 0.05) is 18.7 Å². The lowest BCUT2D eigenvalue weighted by atomic mass is 10.0. The Kier molecular flexibility index (Phi) is 10.1. The number of nitrogens with one attached hydrogen (secondary N) is 2. The Balaban J connectivity index is 2.70. The zero-order valence-electron chi connectivity index (χ0n) is 17.0. The first-order valence-electron chi connectivity index (χ1n) is 9.32. The van der Waals surface area contributed by atoms with Crippen LogP contribution in [-0.2, 0) is 4.74 Å². The number of hydrogen-bond acceptors (Lipinski definition) is 4. The highest BCUT2D eigenvalue weighted by Crippen LogP contribution is 2.25. The summed E-state index contributed by atoms with van der Waals surface area (Å²) >= 11 is 0. The summed E-state index contributed by atoms with van der Waals surface area (Å²) < 4.78 is 10.9. The quantitative estimate of drug-likeness (QED) is 0.439. The minimum absolute atomic E-state index is 0.0111. The predicted molar refractivity (Wildman–Crippen MR) is 107 cm³/mol. The molecule has 0 saturated heterocycles. The fraction of sp³-hybridized carbons (Fsp3) is 0.650. The molecule has 2 atom stereocenters. The summed E-state index contributed by atoms with van der Waals surface area (Å²) in [6.07, 6.45) is -0.618. The maximum absolute atomic E-state index is 10.0. The van der Waals surface area contributed by atoms with E-state index in [1.54, 1.807) is 7.11 Å². The van der Waals surface area contributed by atoms with Gasteiger partial charge in [-0.1, -0.05) is 31.5 Å². The van der Waals surface area contributed by atoms with Gasteiger partial charge in [-0.15, -0.1) is 0 Å². The van der Waals surface area contributed by atoms with Crippen LogP contribution in [0.15, 0.2) is 23.2 Å². The van der Waals surface area contributed by atoms with Crippen molar-refractivity contribution in [2.24, 2.45) is 10.9 Å². The van der Waals surface area contributed by atoms with Gasteiger partial charge in [0.2, 0.25) is 0 Å². The number of aliphatic hydroxyl groups excluding tert-OH is 1. The van der Waals surface area contributed by atoms with Crippen LogP contribution in [0.3, 0.4) is 0 Å². The number of aryl methyl sites for hydroxylation is 1. The first-order valence-corrected chi connectivity index (χ1v) is 9.32. The average molecular weight is 366 g/mol. The highest BCUT2D eigenvalue weighted by atomic mass is 16.5. The second-order valence-corrected chi connectivity index (χ2v) is 6.92.